The quantitative estimate of drug-likeness (QED) is 0.164. The molecule has 0 atom stereocenters. The van der Waals surface area contributed by atoms with Crippen LogP contribution in [0.15, 0.2) is 186 Å². The van der Waals surface area contributed by atoms with Gasteiger partial charge in [-0.15, -0.1) is 22.7 Å². The van der Waals surface area contributed by atoms with Crippen LogP contribution >= 0.6 is 22.7 Å². The normalized spacial score (nSPS) is 12.2. The molecule has 0 fully saturated rings. The third-order valence-electron chi connectivity index (χ3n) is 12.0. The molecule has 0 spiro atoms. The van der Waals surface area contributed by atoms with Crippen LogP contribution in [0.2, 0.25) is 0 Å². The summed E-state index contributed by atoms with van der Waals surface area (Å²) in [4.78, 5) is 0. The smallest absolute Gasteiger partial charge is 0.136 e. The molecule has 264 valence electrons. The van der Waals surface area contributed by atoms with E-state index in [-0.39, 0.29) is 0 Å². The molecule has 0 N–H and O–H groups in total. The molecule has 3 aromatic heterocycles. The summed E-state index contributed by atoms with van der Waals surface area (Å²) in [6.45, 7) is 0. The van der Waals surface area contributed by atoms with Crippen molar-refractivity contribution in [3.63, 3.8) is 0 Å². The molecule has 0 aliphatic carbocycles. The predicted octanol–water partition coefficient (Wildman–Crippen LogP) is 16.8. The Bertz CT molecular complexity index is 3750. The molecule has 0 bridgehead atoms. The summed E-state index contributed by atoms with van der Waals surface area (Å²) >= 11 is 3.75. The van der Waals surface area contributed by atoms with Gasteiger partial charge >= 0.3 is 0 Å². The summed E-state index contributed by atoms with van der Waals surface area (Å²) < 4.78 is 11.5. The molecule has 13 aromatic rings. The minimum atomic E-state index is 0.942. The Morgan fingerprint density at radius 3 is 1.65 bits per heavy atom. The Morgan fingerprint density at radius 1 is 0.298 bits per heavy atom. The average molecular weight is 759 g/mol. The van der Waals surface area contributed by atoms with Crippen LogP contribution in [0.3, 0.4) is 0 Å². The SMILES string of the molecule is c1ccc2c(c1)oc1ccc3c4cc5ccc(-c6ccc(-c7c8ccccc8c(-c8ccc9c(c8)sc8ccccc89)c8ccccc78)cc6)cc5cc4sc3c12. The maximum Gasteiger partial charge on any atom is 0.136 e. The summed E-state index contributed by atoms with van der Waals surface area (Å²) in [6.07, 6.45) is 0. The first kappa shape index (κ1) is 31.4. The average Bonchev–Trinajstić information content (AvgIpc) is 3.95. The van der Waals surface area contributed by atoms with Crippen LogP contribution in [0.4, 0.5) is 0 Å². The number of thiophene rings is 2. The van der Waals surface area contributed by atoms with Gasteiger partial charge in [0.2, 0.25) is 0 Å². The molecule has 0 aliphatic rings. The van der Waals surface area contributed by atoms with Gasteiger partial charge in [-0.2, -0.15) is 0 Å². The number of hydrogen-bond acceptors (Lipinski definition) is 3. The Balaban J connectivity index is 0.925. The molecule has 1 nitrogen and oxygen atoms in total. The molecule has 0 radical (unpaired) electrons. The van der Waals surface area contributed by atoms with Gasteiger partial charge in [0.25, 0.3) is 0 Å². The van der Waals surface area contributed by atoms with Crippen LogP contribution in [-0.4, -0.2) is 0 Å². The third kappa shape index (κ3) is 4.61. The Kier molecular flexibility index (Phi) is 6.54. The largest absolute Gasteiger partial charge is 0.456 e. The van der Waals surface area contributed by atoms with Crippen LogP contribution in [0.25, 0.3) is 128 Å². The first-order valence-corrected chi connectivity index (χ1v) is 21.0. The molecule has 0 unspecified atom stereocenters. The number of furan rings is 1. The molecule has 3 heteroatoms. The summed E-state index contributed by atoms with van der Waals surface area (Å²) in [5.41, 5.74) is 9.39. The van der Waals surface area contributed by atoms with E-state index in [2.05, 4.69) is 176 Å². The fraction of sp³-hybridized carbons (Fsp3) is 0. The summed E-state index contributed by atoms with van der Waals surface area (Å²) in [5.74, 6) is 0. The molecule has 0 amide bonds. The second-order valence-corrected chi connectivity index (χ2v) is 17.3. The van der Waals surface area contributed by atoms with Crippen LogP contribution in [0, 0.1) is 0 Å². The molecule has 57 heavy (non-hydrogen) atoms. The molecular formula is C54H30OS2. The van der Waals surface area contributed by atoms with Crippen molar-refractivity contribution < 1.29 is 4.42 Å². The van der Waals surface area contributed by atoms with Gasteiger partial charge in [0.05, 0.1) is 0 Å². The van der Waals surface area contributed by atoms with Crippen molar-refractivity contribution in [2.75, 3.05) is 0 Å². The minimum Gasteiger partial charge on any atom is -0.456 e. The minimum absolute atomic E-state index is 0.942. The van der Waals surface area contributed by atoms with E-state index in [9.17, 15) is 0 Å². The number of hydrogen-bond donors (Lipinski definition) is 0. The number of benzene rings is 10. The van der Waals surface area contributed by atoms with Crippen LogP contribution in [0.5, 0.6) is 0 Å². The second-order valence-electron chi connectivity index (χ2n) is 15.2. The third-order valence-corrected chi connectivity index (χ3v) is 14.4. The lowest BCUT2D eigenvalue weighted by Crippen LogP contribution is -1.91. The highest BCUT2D eigenvalue weighted by Crippen LogP contribution is 2.47. The second kappa shape index (κ2) is 11.9. The maximum atomic E-state index is 6.23. The van der Waals surface area contributed by atoms with Crippen molar-refractivity contribution in [2.24, 2.45) is 0 Å². The van der Waals surface area contributed by atoms with E-state index in [0.29, 0.717) is 0 Å². The highest BCUT2D eigenvalue weighted by molar-refractivity contribution is 7.27. The molecule has 0 aliphatic heterocycles. The van der Waals surface area contributed by atoms with E-state index < -0.39 is 0 Å². The van der Waals surface area contributed by atoms with Gasteiger partial charge in [-0.3, -0.25) is 0 Å². The lowest BCUT2D eigenvalue weighted by molar-refractivity contribution is 0.669. The fourth-order valence-electron chi connectivity index (χ4n) is 9.43. The Hall–Kier alpha value is -6.78. The van der Waals surface area contributed by atoms with E-state index >= 15 is 0 Å². The van der Waals surface area contributed by atoms with E-state index in [1.54, 1.807) is 0 Å². The maximum absolute atomic E-state index is 6.23. The van der Waals surface area contributed by atoms with Crippen molar-refractivity contribution in [3.8, 4) is 33.4 Å². The lowest BCUT2D eigenvalue weighted by Gasteiger charge is -2.18. The first-order valence-electron chi connectivity index (χ1n) is 19.4. The molecule has 0 saturated heterocycles. The van der Waals surface area contributed by atoms with Crippen LogP contribution < -0.4 is 0 Å². The highest BCUT2D eigenvalue weighted by atomic mass is 32.1. The zero-order valence-corrected chi connectivity index (χ0v) is 32.2. The lowest BCUT2D eigenvalue weighted by atomic mass is 9.85. The van der Waals surface area contributed by atoms with Gasteiger partial charge in [0.1, 0.15) is 11.2 Å². The topological polar surface area (TPSA) is 13.1 Å². The van der Waals surface area contributed by atoms with E-state index in [1.807, 2.05) is 28.7 Å². The highest BCUT2D eigenvalue weighted by Gasteiger charge is 2.19. The predicted molar refractivity (Wildman–Crippen MR) is 248 cm³/mol. The standard InChI is InChI=1S/C54H30OS2/c1-3-12-41-39(10-1)51(40-11-2-4-13-42(40)52(41)35-23-24-38-37-9-6-8-16-48(37)56-49(38)29-35)32-19-17-31(18-20-32)33-21-22-34-28-45-43-25-26-47-53(44-14-5-7-15-46(44)55-47)54(43)57-50(45)30-36(34)27-33/h1-30H. The summed E-state index contributed by atoms with van der Waals surface area (Å²) in [5, 5.41) is 15.3. The van der Waals surface area contributed by atoms with E-state index in [0.717, 1.165) is 11.2 Å². The molecular weight excluding hydrogens is 729 g/mol. The van der Waals surface area contributed by atoms with E-state index in [1.165, 1.54) is 117 Å². The fourth-order valence-corrected chi connectivity index (χ4v) is 11.9. The monoisotopic (exact) mass is 758 g/mol. The molecule has 0 saturated carbocycles. The van der Waals surface area contributed by atoms with Gasteiger partial charge in [-0.1, -0.05) is 133 Å². The van der Waals surface area contributed by atoms with Gasteiger partial charge in [-0.05, 0) is 114 Å². The van der Waals surface area contributed by atoms with Crippen molar-refractivity contribution in [1.82, 2.24) is 0 Å². The zero-order valence-electron chi connectivity index (χ0n) is 30.5. The van der Waals surface area contributed by atoms with Crippen molar-refractivity contribution in [2.45, 2.75) is 0 Å². The van der Waals surface area contributed by atoms with Crippen LogP contribution in [-0.2, 0) is 0 Å². The van der Waals surface area contributed by atoms with Crippen LogP contribution in [0.1, 0.15) is 0 Å². The van der Waals surface area contributed by atoms with Crippen molar-refractivity contribution in [1.29, 1.82) is 0 Å². The van der Waals surface area contributed by atoms with Crippen molar-refractivity contribution in [3.05, 3.63) is 182 Å². The van der Waals surface area contributed by atoms with E-state index in [4.69, 9.17) is 4.42 Å². The number of para-hydroxylation sites is 1. The number of fused-ring (bicyclic) bond motifs is 13. The summed E-state index contributed by atoms with van der Waals surface area (Å²) in [6, 6.07) is 67.3. The van der Waals surface area contributed by atoms with Gasteiger partial charge in [0.15, 0.2) is 0 Å². The summed E-state index contributed by atoms with van der Waals surface area (Å²) in [7, 11) is 0. The van der Waals surface area contributed by atoms with Crippen molar-refractivity contribution >= 4 is 117 Å². The Morgan fingerprint density at radius 2 is 0.877 bits per heavy atom. The number of rotatable bonds is 3. The molecule has 10 aromatic carbocycles. The molecule has 13 rings (SSSR count). The first-order chi connectivity index (χ1) is 28.2. The van der Waals surface area contributed by atoms with Gasteiger partial charge < -0.3 is 4.42 Å². The van der Waals surface area contributed by atoms with Gasteiger partial charge in [0, 0.05) is 51.1 Å². The Labute approximate surface area is 335 Å². The molecule has 3 heterocycles. The van der Waals surface area contributed by atoms with Gasteiger partial charge in [-0.25, -0.2) is 0 Å². The zero-order chi connectivity index (χ0) is 37.2.